The molecule has 0 aliphatic carbocycles. The maximum Gasteiger partial charge on any atom is 0.252 e. The number of nitrogens with zero attached hydrogens (tertiary/aromatic N) is 5. The fourth-order valence-corrected chi connectivity index (χ4v) is 3.86. The molecule has 0 aliphatic heterocycles. The molecule has 4 rings (SSSR count). The van der Waals surface area contributed by atoms with Crippen molar-refractivity contribution in [2.24, 2.45) is 7.05 Å². The number of methoxy groups -OCH3 is 1. The van der Waals surface area contributed by atoms with Crippen LogP contribution in [0.1, 0.15) is 28.7 Å². The molecule has 1 N–H and O–H groups in total. The zero-order valence-corrected chi connectivity index (χ0v) is 18.6. The second-order valence-corrected chi connectivity index (χ2v) is 7.54. The molecular weight excluding hydrogens is 416 g/mol. The number of nitrogens with one attached hydrogen (secondary N) is 1. The van der Waals surface area contributed by atoms with E-state index in [1.165, 1.54) is 0 Å². The van der Waals surface area contributed by atoms with Gasteiger partial charge in [-0.05, 0) is 32.0 Å². The minimum atomic E-state index is -0.229. The summed E-state index contributed by atoms with van der Waals surface area (Å²) < 4.78 is 8.79. The van der Waals surface area contributed by atoms with Crippen molar-refractivity contribution in [3.8, 4) is 17.0 Å². The molecule has 0 bridgehead atoms. The van der Waals surface area contributed by atoms with Gasteiger partial charge in [-0.15, -0.1) is 0 Å². The highest BCUT2D eigenvalue weighted by molar-refractivity contribution is 6.31. The Bertz CT molecular complexity index is 1280. The van der Waals surface area contributed by atoms with Crippen molar-refractivity contribution in [3.05, 3.63) is 58.5 Å². The molecule has 0 spiro atoms. The van der Waals surface area contributed by atoms with Gasteiger partial charge in [-0.1, -0.05) is 23.7 Å². The minimum Gasteiger partial charge on any atom is -0.497 e. The summed E-state index contributed by atoms with van der Waals surface area (Å²) in [4.78, 5) is 18.0. The first-order valence-corrected chi connectivity index (χ1v) is 10.3. The number of carbonyl (C=O) groups is 1. The van der Waals surface area contributed by atoms with E-state index in [0.29, 0.717) is 34.2 Å². The first-order chi connectivity index (χ1) is 14.9. The third kappa shape index (κ3) is 3.86. The van der Waals surface area contributed by atoms with Crippen molar-refractivity contribution >= 4 is 28.5 Å². The molecule has 1 aromatic carbocycles. The van der Waals surface area contributed by atoms with Gasteiger partial charge in [-0.25, -0.2) is 4.98 Å². The second kappa shape index (κ2) is 8.39. The molecule has 9 heteroatoms. The average Bonchev–Trinajstić information content (AvgIpc) is 3.29. The van der Waals surface area contributed by atoms with Crippen LogP contribution in [0.15, 0.2) is 36.5 Å². The molecule has 4 aromatic rings. The van der Waals surface area contributed by atoms with Gasteiger partial charge in [0.1, 0.15) is 5.75 Å². The topological polar surface area (TPSA) is 86.9 Å². The number of aryl methyl sites for hydroxylation is 3. The molecule has 0 saturated heterocycles. The van der Waals surface area contributed by atoms with E-state index >= 15 is 0 Å². The zero-order valence-electron chi connectivity index (χ0n) is 17.8. The van der Waals surface area contributed by atoms with Crippen molar-refractivity contribution in [2.75, 3.05) is 7.11 Å². The van der Waals surface area contributed by atoms with E-state index in [2.05, 4.69) is 15.5 Å². The van der Waals surface area contributed by atoms with Crippen molar-refractivity contribution < 1.29 is 9.53 Å². The molecule has 0 aliphatic rings. The number of halogens is 1. The van der Waals surface area contributed by atoms with Crippen molar-refractivity contribution in [1.29, 1.82) is 0 Å². The van der Waals surface area contributed by atoms with Crippen LogP contribution in [0.5, 0.6) is 5.75 Å². The van der Waals surface area contributed by atoms with E-state index < -0.39 is 0 Å². The van der Waals surface area contributed by atoms with Crippen LogP contribution < -0.4 is 10.1 Å². The van der Waals surface area contributed by atoms with Crippen LogP contribution in [0, 0.1) is 6.92 Å². The number of hydrogen-bond donors (Lipinski definition) is 1. The van der Waals surface area contributed by atoms with E-state index in [1.807, 2.05) is 45.2 Å². The first kappa shape index (κ1) is 20.9. The maximum atomic E-state index is 13.3. The van der Waals surface area contributed by atoms with Crippen LogP contribution in [0.25, 0.3) is 22.3 Å². The van der Waals surface area contributed by atoms with Crippen molar-refractivity contribution in [2.45, 2.75) is 26.9 Å². The number of fused-ring (bicyclic) bond motifs is 1. The van der Waals surface area contributed by atoms with Gasteiger partial charge < -0.3 is 10.1 Å². The smallest absolute Gasteiger partial charge is 0.252 e. The number of carbonyl (C=O) groups excluding carboxylic acids is 1. The summed E-state index contributed by atoms with van der Waals surface area (Å²) in [6.45, 7) is 4.78. The highest BCUT2D eigenvalue weighted by Gasteiger charge is 2.20. The molecule has 31 heavy (non-hydrogen) atoms. The lowest BCUT2D eigenvalue weighted by Crippen LogP contribution is -2.25. The lowest BCUT2D eigenvalue weighted by atomic mass is 10.0. The van der Waals surface area contributed by atoms with Crippen LogP contribution in [0.3, 0.4) is 0 Å². The molecule has 3 aromatic heterocycles. The van der Waals surface area contributed by atoms with Gasteiger partial charge in [0, 0.05) is 19.2 Å². The largest absolute Gasteiger partial charge is 0.497 e. The van der Waals surface area contributed by atoms with Crippen LogP contribution in [0.2, 0.25) is 5.02 Å². The molecule has 0 atom stereocenters. The number of benzene rings is 1. The summed E-state index contributed by atoms with van der Waals surface area (Å²) in [5, 5.41) is 12.9. The molecule has 1 amide bonds. The Morgan fingerprint density at radius 2 is 2.10 bits per heavy atom. The maximum absolute atomic E-state index is 13.3. The summed E-state index contributed by atoms with van der Waals surface area (Å²) in [5.74, 6) is 0.488. The predicted molar refractivity (Wildman–Crippen MR) is 119 cm³/mol. The van der Waals surface area contributed by atoms with Crippen molar-refractivity contribution in [3.63, 3.8) is 0 Å². The second-order valence-electron chi connectivity index (χ2n) is 7.13. The molecule has 160 valence electrons. The number of rotatable bonds is 6. The lowest BCUT2D eigenvalue weighted by Gasteiger charge is -2.11. The number of pyridine rings is 1. The van der Waals surface area contributed by atoms with E-state index in [1.54, 1.807) is 28.7 Å². The molecular formula is C22H23ClN6O2. The minimum absolute atomic E-state index is 0.229. The number of ether oxygens (including phenoxy) is 1. The Kier molecular flexibility index (Phi) is 5.65. The fourth-order valence-electron chi connectivity index (χ4n) is 3.65. The Morgan fingerprint density at radius 3 is 2.84 bits per heavy atom. The average molecular weight is 439 g/mol. The Hall–Kier alpha value is -3.39. The molecule has 8 nitrogen and oxygen atoms in total. The highest BCUT2D eigenvalue weighted by Crippen LogP contribution is 2.28. The molecule has 0 fully saturated rings. The Morgan fingerprint density at radius 1 is 1.29 bits per heavy atom. The summed E-state index contributed by atoms with van der Waals surface area (Å²) in [6, 6.07) is 9.37. The summed E-state index contributed by atoms with van der Waals surface area (Å²) in [6.07, 6.45) is 1.59. The molecule has 0 unspecified atom stereocenters. The quantitative estimate of drug-likeness (QED) is 0.495. The van der Waals surface area contributed by atoms with Gasteiger partial charge in [0.25, 0.3) is 5.91 Å². The van der Waals surface area contributed by atoms with Gasteiger partial charge in [0.05, 0.1) is 52.9 Å². The van der Waals surface area contributed by atoms with Crippen LogP contribution >= 0.6 is 11.6 Å². The van der Waals surface area contributed by atoms with E-state index in [9.17, 15) is 4.79 Å². The third-order valence-electron chi connectivity index (χ3n) is 5.19. The highest BCUT2D eigenvalue weighted by atomic mass is 35.5. The van der Waals surface area contributed by atoms with E-state index in [4.69, 9.17) is 21.3 Å². The summed E-state index contributed by atoms with van der Waals surface area (Å²) in [5.41, 5.74) is 4.16. The third-order valence-corrected chi connectivity index (χ3v) is 5.51. The van der Waals surface area contributed by atoms with E-state index in [-0.39, 0.29) is 12.5 Å². The number of hydrogen-bond acceptors (Lipinski definition) is 5. The van der Waals surface area contributed by atoms with Gasteiger partial charge in [0.2, 0.25) is 0 Å². The lowest BCUT2D eigenvalue weighted by molar-refractivity contribution is 0.0951. The van der Waals surface area contributed by atoms with Gasteiger partial charge >= 0.3 is 0 Å². The standard InChI is InChI=1S/C22H23ClN6O2/c1-5-29-19(17(23)11-25-29)12-24-22(30)16-10-18(14-7-6-8-15(9-14)31-4)26-21-20(16)13(2)27-28(21)3/h6-11H,5,12H2,1-4H3,(H,24,30). The summed E-state index contributed by atoms with van der Waals surface area (Å²) >= 11 is 6.24. The van der Waals surface area contributed by atoms with Gasteiger partial charge in [0.15, 0.2) is 5.65 Å². The monoisotopic (exact) mass is 438 g/mol. The molecule has 3 heterocycles. The van der Waals surface area contributed by atoms with Gasteiger partial charge in [-0.2, -0.15) is 10.2 Å². The van der Waals surface area contributed by atoms with Crippen molar-refractivity contribution in [1.82, 2.24) is 29.9 Å². The number of aromatic nitrogens is 5. The van der Waals surface area contributed by atoms with Crippen LogP contribution in [-0.4, -0.2) is 37.6 Å². The summed E-state index contributed by atoms with van der Waals surface area (Å²) in [7, 11) is 3.43. The Balaban J connectivity index is 1.76. The predicted octanol–water partition coefficient (Wildman–Crippen LogP) is 3.75. The van der Waals surface area contributed by atoms with Crippen LogP contribution in [-0.2, 0) is 20.1 Å². The normalized spacial score (nSPS) is 11.1. The SMILES string of the molecule is CCn1ncc(Cl)c1CNC(=O)c1cc(-c2cccc(OC)c2)nc2c1c(C)nn2C. The molecule has 0 radical (unpaired) electrons. The fraction of sp³-hybridized carbons (Fsp3) is 0.273. The molecule has 0 saturated carbocycles. The van der Waals surface area contributed by atoms with E-state index in [0.717, 1.165) is 22.3 Å². The zero-order chi connectivity index (χ0) is 22.1. The van der Waals surface area contributed by atoms with Gasteiger partial charge in [-0.3, -0.25) is 14.2 Å². The Labute approximate surface area is 184 Å². The number of amides is 1. The first-order valence-electron chi connectivity index (χ1n) is 9.90. The van der Waals surface area contributed by atoms with Crippen LogP contribution in [0.4, 0.5) is 0 Å².